The third kappa shape index (κ3) is 23.1. The van der Waals surface area contributed by atoms with E-state index in [9.17, 15) is 83.4 Å². The number of rotatable bonds is 32. The molecule has 33 nitrogen and oxygen atoms in total. The molecule has 0 aromatic heterocycles. The predicted molar refractivity (Wildman–Crippen MR) is 301 cm³/mol. The van der Waals surface area contributed by atoms with E-state index in [0.29, 0.717) is 6.42 Å². The van der Waals surface area contributed by atoms with Gasteiger partial charge in [-0.05, 0) is 65.7 Å². The maximum atomic E-state index is 14.7. The van der Waals surface area contributed by atoms with Crippen molar-refractivity contribution in [3.05, 3.63) is 0 Å². The molecule has 0 aliphatic carbocycles. The minimum Gasteiger partial charge on any atom is -0.481 e. The lowest BCUT2D eigenvalue weighted by atomic mass is 9.96. The van der Waals surface area contributed by atoms with E-state index in [-0.39, 0.29) is 41.7 Å². The molecule has 3 aliphatic rings. The molecule has 3 saturated heterocycles. The first-order valence-corrected chi connectivity index (χ1v) is 28.1. The summed E-state index contributed by atoms with van der Waals surface area (Å²) < 4.78 is 24.0. The van der Waals surface area contributed by atoms with Crippen LogP contribution < -0.4 is 59.3 Å². The van der Waals surface area contributed by atoms with Crippen molar-refractivity contribution in [2.45, 2.75) is 197 Å². The highest BCUT2D eigenvalue weighted by atomic mass is 32.1. The molecule has 3 rings (SSSR count). The van der Waals surface area contributed by atoms with E-state index in [0.717, 1.165) is 11.8 Å². The van der Waals surface area contributed by atoms with Crippen molar-refractivity contribution in [2.75, 3.05) is 32.8 Å². The third-order valence-corrected chi connectivity index (χ3v) is 13.9. The van der Waals surface area contributed by atoms with E-state index in [1.165, 1.54) is 27.7 Å². The monoisotopic (exact) mass is 1250 g/mol. The summed E-state index contributed by atoms with van der Waals surface area (Å²) in [4.78, 5) is 145. The van der Waals surface area contributed by atoms with Crippen molar-refractivity contribution in [1.82, 2.24) is 52.8 Å². The number of amides is 10. The molecule has 0 spiro atoms. The van der Waals surface area contributed by atoms with Gasteiger partial charge in [0.1, 0.15) is 85.0 Å². The summed E-state index contributed by atoms with van der Waals surface area (Å²) in [6, 6.07) is -11.7. The molecule has 10 amide bonds. The van der Waals surface area contributed by atoms with Crippen LogP contribution in [0.4, 0.5) is 0 Å². The molecule has 3 heterocycles. The fourth-order valence-electron chi connectivity index (χ4n) is 9.31. The Balaban J connectivity index is 2.03. The van der Waals surface area contributed by atoms with Crippen LogP contribution in [0.5, 0.6) is 0 Å². The SMILES string of the molecule is CC(=O)N[C@@H](CCC(=O)O)C(=O)N[C@@H](CC(C)C)C(=O)N[C@@H](C)C(=O)N[C@H](C(=O)N[C@@H](CCC(N)=O)C(=O)NCC(=O)N1CCC[C@H]1C(=O)NCC(N)=O)[C@@H](C)O[C@H]1O[C@H](CO[C@H]2O[C@H](CO)[C@H](O)[C@H](O)[C@H]2NC(C)=S)[C@H](O)[C@H](O)[C@H]1NC(C)=S. The van der Waals surface area contributed by atoms with Crippen LogP contribution in [0.1, 0.15) is 93.4 Å². The number of aliphatic hydroxyl groups is 5. The van der Waals surface area contributed by atoms with Gasteiger partial charge in [-0.25, -0.2) is 0 Å². The first-order chi connectivity index (χ1) is 39.8. The second kappa shape index (κ2) is 34.7. The van der Waals surface area contributed by atoms with Gasteiger partial charge in [-0.2, -0.15) is 0 Å². The molecule has 480 valence electrons. The van der Waals surface area contributed by atoms with E-state index >= 15 is 0 Å². The van der Waals surface area contributed by atoms with Crippen LogP contribution in [0.2, 0.25) is 0 Å². The maximum Gasteiger partial charge on any atom is 0.303 e. The molecule has 17 atom stereocenters. The number of nitrogens with zero attached hydrogens (tertiary/aromatic N) is 1. The number of aliphatic carboxylic acids is 1. The standard InChI is InChI=1S/C50H82N12O21S2/c1-20(2)15-28(60-45(76)27(56-23(5)64)11-13-35(68)69)46(77)55-21(3)43(74)61-36(48(79)59-26(10-12-32(51)65)44(75)54-17-34(67)62-14-8-9-29(62)47(78)53-16-33(52)66)22(4)81-50-38(58-25(7)85)42(73)40(71)31(83-50)19-80-49-37(57-24(6)84)41(72)39(70)30(18-63)82-49/h20-22,26-31,36-42,49-50,63,70-73H,8-19H2,1-7H3,(H2,51,65)(H2,52,66)(H,53,78)(H,54,75)(H,55,77)(H,56,64)(H,57,84)(H,58,85)(H,59,79)(H,60,76)(H,61,74)(H,68,69)/t21-,22+,26-,27-,28-,29-,30+,31+,36-,37+,38+,39-,40-,41+,42+,49-,50-/m0/s1. The van der Waals surface area contributed by atoms with E-state index < -0.39 is 214 Å². The third-order valence-electron chi connectivity index (χ3n) is 13.6. The Morgan fingerprint density at radius 2 is 1.20 bits per heavy atom. The van der Waals surface area contributed by atoms with Gasteiger partial charge in [-0.3, -0.25) is 52.7 Å². The van der Waals surface area contributed by atoms with Gasteiger partial charge in [0.15, 0.2) is 12.6 Å². The van der Waals surface area contributed by atoms with Gasteiger partial charge in [0, 0.05) is 26.3 Å². The molecule has 3 aliphatic heterocycles. The first-order valence-electron chi connectivity index (χ1n) is 27.3. The van der Waals surface area contributed by atoms with Crippen LogP contribution in [-0.4, -0.2) is 247 Å². The van der Waals surface area contributed by atoms with Crippen LogP contribution in [0.25, 0.3) is 0 Å². The second-order valence-electron chi connectivity index (χ2n) is 21.2. The first kappa shape index (κ1) is 72.8. The number of primary amides is 2. The highest BCUT2D eigenvalue weighted by Crippen LogP contribution is 2.28. The van der Waals surface area contributed by atoms with Gasteiger partial charge >= 0.3 is 5.97 Å². The van der Waals surface area contributed by atoms with Crippen molar-refractivity contribution >= 4 is 99.5 Å². The molecule has 0 aromatic rings. The van der Waals surface area contributed by atoms with E-state index in [2.05, 4.69) is 47.9 Å². The molecule has 0 aromatic carbocycles. The highest BCUT2D eigenvalue weighted by Gasteiger charge is 2.50. The van der Waals surface area contributed by atoms with Crippen molar-refractivity contribution in [3.63, 3.8) is 0 Å². The average Bonchev–Trinajstić information content (AvgIpc) is 3.93. The summed E-state index contributed by atoms with van der Waals surface area (Å²) >= 11 is 10.4. The lowest BCUT2D eigenvalue weighted by Gasteiger charge is -2.46. The van der Waals surface area contributed by atoms with Crippen molar-refractivity contribution in [2.24, 2.45) is 17.4 Å². The number of nitrogens with two attached hydrogens (primary N) is 2. The Hall–Kier alpha value is -6.41. The van der Waals surface area contributed by atoms with Crippen LogP contribution in [0.15, 0.2) is 0 Å². The molecule has 19 N–H and O–H groups in total. The number of carbonyl (C=O) groups is 11. The van der Waals surface area contributed by atoms with Gasteiger partial charge < -0.3 is 114 Å². The van der Waals surface area contributed by atoms with E-state index in [4.69, 9.17) is 54.9 Å². The number of carboxylic acids is 1. The quantitative estimate of drug-likeness (QED) is 0.0278. The fourth-order valence-corrected chi connectivity index (χ4v) is 9.58. The zero-order valence-corrected chi connectivity index (χ0v) is 49.7. The molecule has 0 unspecified atom stereocenters. The number of carbonyl (C=O) groups excluding carboxylic acids is 10. The number of likely N-dealkylation sites (tertiary alicyclic amines) is 1. The number of hydrogen-bond acceptors (Lipinski definition) is 22. The highest BCUT2D eigenvalue weighted by molar-refractivity contribution is 7.80. The number of nitrogens with one attached hydrogen (secondary N) is 9. The van der Waals surface area contributed by atoms with Crippen LogP contribution in [0.3, 0.4) is 0 Å². The second-order valence-corrected chi connectivity index (χ2v) is 22.4. The Morgan fingerprint density at radius 3 is 1.75 bits per heavy atom. The summed E-state index contributed by atoms with van der Waals surface area (Å²) in [5.41, 5.74) is 10.6. The maximum absolute atomic E-state index is 14.7. The molecule has 0 bridgehead atoms. The molecule has 85 heavy (non-hydrogen) atoms. The number of thiocarbonyl (C=S) groups is 2. The Morgan fingerprint density at radius 1 is 0.647 bits per heavy atom. The fraction of sp³-hybridized carbons (Fsp3) is 0.740. The largest absolute Gasteiger partial charge is 0.481 e. The number of hydrogen-bond donors (Lipinski definition) is 17. The summed E-state index contributed by atoms with van der Waals surface area (Å²) in [7, 11) is 0. The number of aliphatic hydroxyl groups excluding tert-OH is 5. The Kier molecular flexibility index (Phi) is 29.7. The Bertz CT molecular complexity index is 2410. The van der Waals surface area contributed by atoms with E-state index in [1.807, 2.05) is 0 Å². The molecular weight excluding hydrogens is 1170 g/mol. The lowest BCUT2D eigenvalue weighted by molar-refractivity contribution is -0.307. The van der Waals surface area contributed by atoms with Crippen LogP contribution in [-0.2, 0) is 71.7 Å². The molecule has 0 radical (unpaired) electrons. The zero-order valence-electron chi connectivity index (χ0n) is 48.1. The molecular formula is C50H82N12O21S2. The van der Waals surface area contributed by atoms with Gasteiger partial charge in [-0.1, -0.05) is 38.3 Å². The van der Waals surface area contributed by atoms with Gasteiger partial charge in [-0.15, -0.1) is 0 Å². The number of ether oxygens (including phenoxy) is 4. The minimum absolute atomic E-state index is 0.0324. The Labute approximate surface area is 500 Å². The zero-order chi connectivity index (χ0) is 64.2. The number of carboxylic acid groups (broad SMARTS) is 1. The lowest BCUT2D eigenvalue weighted by Crippen LogP contribution is -2.67. The topological polar surface area (TPSA) is 510 Å². The van der Waals surface area contributed by atoms with Crippen LogP contribution >= 0.6 is 24.4 Å². The van der Waals surface area contributed by atoms with Crippen molar-refractivity contribution in [3.8, 4) is 0 Å². The summed E-state index contributed by atoms with van der Waals surface area (Å²) in [6.07, 6.45) is -15.9. The normalized spacial score (nSPS) is 25.9. The van der Waals surface area contributed by atoms with Gasteiger partial charge in [0.25, 0.3) is 0 Å². The summed E-state index contributed by atoms with van der Waals surface area (Å²) in [5, 5.41) is 86.0. The average molecular weight is 1250 g/mol. The van der Waals surface area contributed by atoms with Crippen molar-refractivity contribution in [1.29, 1.82) is 0 Å². The molecule has 3 fully saturated rings. The smallest absolute Gasteiger partial charge is 0.303 e. The van der Waals surface area contributed by atoms with Gasteiger partial charge in [0.2, 0.25) is 59.1 Å². The van der Waals surface area contributed by atoms with Gasteiger partial charge in [0.05, 0.1) is 42.4 Å². The van der Waals surface area contributed by atoms with Crippen LogP contribution in [0, 0.1) is 5.92 Å². The molecule has 35 heteroatoms. The minimum atomic E-state index is -1.96. The predicted octanol–water partition coefficient (Wildman–Crippen LogP) is -7.75. The van der Waals surface area contributed by atoms with E-state index in [1.54, 1.807) is 13.8 Å². The van der Waals surface area contributed by atoms with Crippen molar-refractivity contribution < 1.29 is 102 Å². The molecule has 0 saturated carbocycles. The summed E-state index contributed by atoms with van der Waals surface area (Å²) in [6.45, 7) is 7.27. The summed E-state index contributed by atoms with van der Waals surface area (Å²) in [5.74, 6) is -10.6.